The van der Waals surface area contributed by atoms with E-state index in [1.807, 2.05) is 4.90 Å². The van der Waals surface area contributed by atoms with Crippen LogP contribution in [-0.4, -0.2) is 35.0 Å². The van der Waals surface area contributed by atoms with E-state index in [1.165, 1.54) is 10.4 Å². The molecule has 2 aliphatic rings. The van der Waals surface area contributed by atoms with Gasteiger partial charge in [-0.15, -0.1) is 11.3 Å². The molecule has 4 nitrogen and oxygen atoms in total. The zero-order valence-electron chi connectivity index (χ0n) is 11.5. The van der Waals surface area contributed by atoms with Crippen molar-refractivity contribution in [3.63, 3.8) is 0 Å². The number of hydrogen-bond acceptors (Lipinski definition) is 3. The monoisotopic (exact) mass is 293 g/mol. The van der Waals surface area contributed by atoms with E-state index in [2.05, 4.69) is 18.4 Å². The van der Waals surface area contributed by atoms with E-state index in [4.69, 9.17) is 5.11 Å². The second-order valence-electron chi connectivity index (χ2n) is 5.85. The number of carbonyl (C=O) groups is 2. The molecule has 2 heterocycles. The molecule has 20 heavy (non-hydrogen) atoms. The highest BCUT2D eigenvalue weighted by atomic mass is 32.1. The Balaban J connectivity index is 1.57. The molecular formula is C15H19NO3S. The summed E-state index contributed by atoms with van der Waals surface area (Å²) in [6.07, 6.45) is 2.14. The Morgan fingerprint density at radius 2 is 2.05 bits per heavy atom. The van der Waals surface area contributed by atoms with Crippen molar-refractivity contribution in [1.29, 1.82) is 0 Å². The van der Waals surface area contributed by atoms with Crippen LogP contribution < -0.4 is 0 Å². The average molecular weight is 293 g/mol. The molecule has 1 N–H and O–H groups in total. The van der Waals surface area contributed by atoms with Crippen molar-refractivity contribution >= 4 is 23.2 Å². The van der Waals surface area contributed by atoms with Crippen LogP contribution in [0, 0.1) is 18.8 Å². The number of carboxylic acid groups (broad SMARTS) is 1. The van der Waals surface area contributed by atoms with Gasteiger partial charge in [-0.3, -0.25) is 9.59 Å². The van der Waals surface area contributed by atoms with Gasteiger partial charge in [-0.2, -0.15) is 0 Å². The fourth-order valence-corrected chi connectivity index (χ4v) is 4.21. The highest BCUT2D eigenvalue weighted by Gasteiger charge is 2.47. The van der Waals surface area contributed by atoms with Gasteiger partial charge >= 0.3 is 5.97 Å². The second kappa shape index (κ2) is 5.20. The molecule has 1 saturated carbocycles. The third kappa shape index (κ3) is 2.46. The molecule has 1 saturated heterocycles. The van der Waals surface area contributed by atoms with Gasteiger partial charge in [0.25, 0.3) is 0 Å². The lowest BCUT2D eigenvalue weighted by molar-refractivity contribution is -0.146. The van der Waals surface area contributed by atoms with Crippen LogP contribution in [0.4, 0.5) is 0 Å². The van der Waals surface area contributed by atoms with Gasteiger partial charge in [0, 0.05) is 29.8 Å². The Morgan fingerprint density at radius 3 is 2.60 bits per heavy atom. The molecular weight excluding hydrogens is 274 g/mol. The first-order chi connectivity index (χ1) is 9.58. The minimum absolute atomic E-state index is 0.133. The van der Waals surface area contributed by atoms with E-state index in [0.717, 1.165) is 6.42 Å². The van der Waals surface area contributed by atoms with Gasteiger partial charge in [-0.1, -0.05) is 0 Å². The summed E-state index contributed by atoms with van der Waals surface area (Å²) in [5.41, 5.74) is 1.29. The van der Waals surface area contributed by atoms with Crippen LogP contribution in [0.3, 0.4) is 0 Å². The number of likely N-dealkylation sites (tertiary alicyclic amines) is 1. The summed E-state index contributed by atoms with van der Waals surface area (Å²) >= 11 is 1.74. The standard InChI is InChI=1S/C15H19NO3S/c1-9-4-7-20-13(9)11-8-12(11)14(17)16-5-2-10(3-6-16)15(18)19/h4,7,10-12H,2-3,5-6,8H2,1H3,(H,18,19). The number of rotatable bonds is 3. The first-order valence-electron chi connectivity index (χ1n) is 7.13. The molecule has 1 aromatic heterocycles. The van der Waals surface area contributed by atoms with E-state index in [-0.39, 0.29) is 17.7 Å². The second-order valence-corrected chi connectivity index (χ2v) is 6.80. The van der Waals surface area contributed by atoms with Crippen molar-refractivity contribution in [2.75, 3.05) is 13.1 Å². The highest BCUT2D eigenvalue weighted by molar-refractivity contribution is 7.10. The molecule has 0 radical (unpaired) electrons. The quantitative estimate of drug-likeness (QED) is 0.931. The van der Waals surface area contributed by atoms with Crippen molar-refractivity contribution in [2.45, 2.75) is 32.1 Å². The van der Waals surface area contributed by atoms with Gasteiger partial charge in [0.1, 0.15) is 0 Å². The lowest BCUT2D eigenvalue weighted by Gasteiger charge is -2.30. The van der Waals surface area contributed by atoms with Crippen LogP contribution in [0.1, 0.15) is 35.6 Å². The van der Waals surface area contributed by atoms with Gasteiger partial charge in [0.15, 0.2) is 0 Å². The van der Waals surface area contributed by atoms with Crippen LogP contribution in [0.15, 0.2) is 11.4 Å². The maximum Gasteiger partial charge on any atom is 0.306 e. The summed E-state index contributed by atoms with van der Waals surface area (Å²) in [5.74, 6) is -0.232. The number of piperidine rings is 1. The molecule has 1 aliphatic heterocycles. The maximum absolute atomic E-state index is 12.4. The molecule has 2 atom stereocenters. The molecule has 0 spiro atoms. The zero-order valence-corrected chi connectivity index (χ0v) is 12.4. The molecule has 2 fully saturated rings. The average Bonchev–Trinajstić information content (AvgIpc) is 3.12. The molecule has 5 heteroatoms. The number of carbonyl (C=O) groups excluding carboxylic acids is 1. The normalized spacial score (nSPS) is 26.6. The number of carboxylic acids is 1. The summed E-state index contributed by atoms with van der Waals surface area (Å²) in [4.78, 5) is 26.6. The molecule has 1 aromatic rings. The van der Waals surface area contributed by atoms with E-state index in [9.17, 15) is 9.59 Å². The molecule has 108 valence electrons. The third-order valence-corrected chi connectivity index (χ3v) is 5.65. The van der Waals surface area contributed by atoms with Gasteiger partial charge in [-0.05, 0) is 43.2 Å². The van der Waals surface area contributed by atoms with Crippen molar-refractivity contribution < 1.29 is 14.7 Å². The van der Waals surface area contributed by atoms with Crippen molar-refractivity contribution in [3.05, 3.63) is 21.9 Å². The van der Waals surface area contributed by atoms with Crippen molar-refractivity contribution in [3.8, 4) is 0 Å². The van der Waals surface area contributed by atoms with Gasteiger partial charge in [0.05, 0.1) is 5.92 Å². The smallest absolute Gasteiger partial charge is 0.306 e. The number of aliphatic carboxylic acids is 1. The predicted molar refractivity (Wildman–Crippen MR) is 76.8 cm³/mol. The van der Waals surface area contributed by atoms with Gasteiger partial charge in [-0.25, -0.2) is 0 Å². The summed E-state index contributed by atoms with van der Waals surface area (Å²) in [5, 5.41) is 11.1. The topological polar surface area (TPSA) is 57.6 Å². The zero-order chi connectivity index (χ0) is 14.3. The summed E-state index contributed by atoms with van der Waals surface area (Å²) in [6.45, 7) is 3.30. The van der Waals surface area contributed by atoms with E-state index >= 15 is 0 Å². The van der Waals surface area contributed by atoms with Crippen molar-refractivity contribution in [2.24, 2.45) is 11.8 Å². The lowest BCUT2D eigenvalue weighted by atomic mass is 9.97. The SMILES string of the molecule is Cc1ccsc1C1CC1C(=O)N1CCC(C(=O)O)CC1. The van der Waals surface area contributed by atoms with Crippen LogP contribution >= 0.6 is 11.3 Å². The Labute approximate surface area is 122 Å². The summed E-state index contributed by atoms with van der Waals surface area (Å²) < 4.78 is 0. The number of hydrogen-bond donors (Lipinski definition) is 1. The molecule has 1 amide bonds. The van der Waals surface area contributed by atoms with Gasteiger partial charge in [0.2, 0.25) is 5.91 Å². The summed E-state index contributed by atoms with van der Waals surface area (Å²) in [6, 6.07) is 2.11. The molecule has 0 bridgehead atoms. The van der Waals surface area contributed by atoms with Crippen LogP contribution in [-0.2, 0) is 9.59 Å². The fraction of sp³-hybridized carbons (Fsp3) is 0.600. The van der Waals surface area contributed by atoms with Crippen LogP contribution in [0.2, 0.25) is 0 Å². The Morgan fingerprint density at radius 1 is 1.35 bits per heavy atom. The molecule has 0 aromatic carbocycles. The Hall–Kier alpha value is -1.36. The van der Waals surface area contributed by atoms with E-state index in [0.29, 0.717) is 31.8 Å². The molecule has 2 unspecified atom stereocenters. The number of thiophene rings is 1. The van der Waals surface area contributed by atoms with Gasteiger partial charge < -0.3 is 10.0 Å². The Kier molecular flexibility index (Phi) is 3.54. The fourth-order valence-electron chi connectivity index (χ4n) is 3.10. The predicted octanol–water partition coefficient (Wildman–Crippen LogP) is 2.48. The number of amides is 1. The maximum atomic E-state index is 12.4. The Bertz CT molecular complexity index is 531. The minimum atomic E-state index is -0.726. The summed E-state index contributed by atoms with van der Waals surface area (Å²) in [7, 11) is 0. The number of aryl methyl sites for hydroxylation is 1. The lowest BCUT2D eigenvalue weighted by Crippen LogP contribution is -2.41. The first kappa shape index (κ1) is 13.6. The number of nitrogens with zero attached hydrogens (tertiary/aromatic N) is 1. The first-order valence-corrected chi connectivity index (χ1v) is 8.01. The minimum Gasteiger partial charge on any atom is -0.481 e. The highest BCUT2D eigenvalue weighted by Crippen LogP contribution is 2.51. The molecule has 3 rings (SSSR count). The van der Waals surface area contributed by atoms with Crippen LogP contribution in [0.25, 0.3) is 0 Å². The van der Waals surface area contributed by atoms with E-state index in [1.54, 1.807) is 11.3 Å². The molecule has 1 aliphatic carbocycles. The van der Waals surface area contributed by atoms with Crippen molar-refractivity contribution in [1.82, 2.24) is 4.90 Å². The largest absolute Gasteiger partial charge is 0.481 e. The third-order valence-electron chi connectivity index (χ3n) is 4.50. The van der Waals surface area contributed by atoms with Crippen LogP contribution in [0.5, 0.6) is 0 Å². The van der Waals surface area contributed by atoms with E-state index < -0.39 is 5.97 Å².